The van der Waals surface area contributed by atoms with Crippen molar-refractivity contribution < 1.29 is 14.6 Å². The van der Waals surface area contributed by atoms with E-state index in [0.717, 1.165) is 12.1 Å². The second kappa shape index (κ2) is 4.98. The average Bonchev–Trinajstić information content (AvgIpc) is 2.14. The molecule has 0 spiro atoms. The standard InChI is InChI=1S/C9H10ClFO2S/c10-6-1-5(2-7(11)3-6)9(13)8(12)4-14/h1-3,8-9,12-14H,4H2. The van der Waals surface area contributed by atoms with Crippen molar-refractivity contribution in [2.24, 2.45) is 0 Å². The Balaban J connectivity index is 2.94. The number of halogens is 2. The summed E-state index contributed by atoms with van der Waals surface area (Å²) < 4.78 is 12.9. The Kier molecular flexibility index (Phi) is 4.19. The number of aliphatic hydroxyl groups excluding tert-OH is 2. The number of thiol groups is 1. The molecule has 0 bridgehead atoms. The molecule has 2 nitrogen and oxygen atoms in total. The van der Waals surface area contributed by atoms with Gasteiger partial charge in [-0.1, -0.05) is 11.6 Å². The third-order valence-corrected chi connectivity index (χ3v) is 2.37. The molecule has 0 amide bonds. The molecule has 2 N–H and O–H groups in total. The molecule has 5 heteroatoms. The van der Waals surface area contributed by atoms with Crippen LogP contribution in [0.15, 0.2) is 18.2 Å². The van der Waals surface area contributed by atoms with Crippen LogP contribution in [0.4, 0.5) is 4.39 Å². The summed E-state index contributed by atoms with van der Waals surface area (Å²) >= 11 is 9.41. The van der Waals surface area contributed by atoms with Gasteiger partial charge in [0.15, 0.2) is 0 Å². The first-order valence-electron chi connectivity index (χ1n) is 3.97. The molecular weight excluding hydrogens is 227 g/mol. The van der Waals surface area contributed by atoms with Crippen molar-refractivity contribution in [3.05, 3.63) is 34.6 Å². The van der Waals surface area contributed by atoms with Crippen LogP contribution in [0.3, 0.4) is 0 Å². The van der Waals surface area contributed by atoms with Gasteiger partial charge in [0.1, 0.15) is 11.9 Å². The van der Waals surface area contributed by atoms with Crippen LogP contribution in [0.1, 0.15) is 11.7 Å². The Hall–Kier alpha value is -0.290. The lowest BCUT2D eigenvalue weighted by atomic mass is 10.1. The van der Waals surface area contributed by atoms with Gasteiger partial charge in [-0.25, -0.2) is 4.39 Å². The number of rotatable bonds is 3. The summed E-state index contributed by atoms with van der Waals surface area (Å²) in [5, 5.41) is 19.0. The molecule has 0 aromatic heterocycles. The van der Waals surface area contributed by atoms with Gasteiger partial charge in [0.2, 0.25) is 0 Å². The van der Waals surface area contributed by atoms with E-state index in [1.165, 1.54) is 6.07 Å². The van der Waals surface area contributed by atoms with Crippen LogP contribution in [0.2, 0.25) is 5.02 Å². The molecule has 0 saturated heterocycles. The maximum absolute atomic E-state index is 12.9. The molecule has 2 unspecified atom stereocenters. The highest BCUT2D eigenvalue weighted by Gasteiger charge is 2.17. The minimum atomic E-state index is -1.17. The Bertz CT molecular complexity index is 301. The van der Waals surface area contributed by atoms with Gasteiger partial charge in [0, 0.05) is 10.8 Å². The zero-order chi connectivity index (χ0) is 10.7. The van der Waals surface area contributed by atoms with Crippen molar-refractivity contribution in [2.45, 2.75) is 12.2 Å². The molecule has 0 fully saturated rings. The maximum Gasteiger partial charge on any atom is 0.125 e. The normalized spacial score (nSPS) is 15.2. The molecule has 1 aromatic rings. The summed E-state index contributed by atoms with van der Waals surface area (Å²) in [6.45, 7) is 0. The third-order valence-electron chi connectivity index (χ3n) is 1.78. The lowest BCUT2D eigenvalue weighted by Gasteiger charge is -2.16. The van der Waals surface area contributed by atoms with Gasteiger partial charge < -0.3 is 10.2 Å². The van der Waals surface area contributed by atoms with Crippen molar-refractivity contribution in [1.82, 2.24) is 0 Å². The van der Waals surface area contributed by atoms with Crippen LogP contribution in [0.25, 0.3) is 0 Å². The van der Waals surface area contributed by atoms with Crippen molar-refractivity contribution in [2.75, 3.05) is 5.75 Å². The molecule has 0 aliphatic heterocycles. The molecule has 0 heterocycles. The second-order valence-corrected chi connectivity index (χ2v) is 3.70. The summed E-state index contributed by atoms with van der Waals surface area (Å²) in [5.41, 5.74) is 0.247. The highest BCUT2D eigenvalue weighted by atomic mass is 35.5. The van der Waals surface area contributed by atoms with E-state index >= 15 is 0 Å². The first kappa shape index (κ1) is 11.8. The van der Waals surface area contributed by atoms with Gasteiger partial charge in [0.05, 0.1) is 6.10 Å². The van der Waals surface area contributed by atoms with E-state index in [1.54, 1.807) is 0 Å². The monoisotopic (exact) mass is 236 g/mol. The quantitative estimate of drug-likeness (QED) is 0.701. The van der Waals surface area contributed by atoms with E-state index in [2.05, 4.69) is 12.6 Å². The molecule has 1 rings (SSSR count). The SMILES string of the molecule is OC(CS)C(O)c1cc(F)cc(Cl)c1. The smallest absolute Gasteiger partial charge is 0.125 e. The van der Waals surface area contributed by atoms with Crippen molar-refractivity contribution in [1.29, 1.82) is 0 Å². The van der Waals surface area contributed by atoms with Crippen LogP contribution < -0.4 is 0 Å². The first-order valence-corrected chi connectivity index (χ1v) is 4.98. The van der Waals surface area contributed by atoms with Crippen molar-refractivity contribution in [3.63, 3.8) is 0 Å². The molecule has 0 aliphatic rings. The van der Waals surface area contributed by atoms with Crippen LogP contribution in [-0.2, 0) is 0 Å². The summed E-state index contributed by atoms with van der Waals surface area (Å²) in [7, 11) is 0. The van der Waals surface area contributed by atoms with E-state index in [9.17, 15) is 14.6 Å². The summed E-state index contributed by atoms with van der Waals surface area (Å²) in [5.74, 6) is -0.451. The van der Waals surface area contributed by atoms with Crippen LogP contribution in [0.5, 0.6) is 0 Å². The first-order chi connectivity index (χ1) is 6.54. The molecule has 0 aliphatic carbocycles. The van der Waals surface area contributed by atoms with Gasteiger partial charge in [0.25, 0.3) is 0 Å². The minimum absolute atomic E-state index is 0.0926. The Morgan fingerprint density at radius 1 is 1.36 bits per heavy atom. The van der Waals surface area contributed by atoms with E-state index in [-0.39, 0.29) is 16.3 Å². The molecule has 14 heavy (non-hydrogen) atoms. The van der Waals surface area contributed by atoms with Crippen LogP contribution >= 0.6 is 24.2 Å². The molecule has 0 saturated carbocycles. The van der Waals surface area contributed by atoms with Gasteiger partial charge in [-0.05, 0) is 23.8 Å². The number of hydrogen-bond donors (Lipinski definition) is 3. The molecule has 1 aromatic carbocycles. The second-order valence-electron chi connectivity index (χ2n) is 2.90. The topological polar surface area (TPSA) is 40.5 Å². The lowest BCUT2D eigenvalue weighted by Crippen LogP contribution is -2.19. The van der Waals surface area contributed by atoms with Crippen molar-refractivity contribution >= 4 is 24.2 Å². The van der Waals surface area contributed by atoms with E-state index < -0.39 is 18.0 Å². The number of aliphatic hydroxyl groups is 2. The summed E-state index contributed by atoms with van der Waals surface area (Å²) in [6, 6.07) is 3.66. The molecule has 2 atom stereocenters. The van der Waals surface area contributed by atoms with E-state index in [0.29, 0.717) is 0 Å². The van der Waals surface area contributed by atoms with Gasteiger partial charge in [-0.3, -0.25) is 0 Å². The zero-order valence-electron chi connectivity index (χ0n) is 7.19. The maximum atomic E-state index is 12.9. The molecule has 78 valence electrons. The fourth-order valence-corrected chi connectivity index (χ4v) is 1.50. The predicted molar refractivity (Wildman–Crippen MR) is 56.2 cm³/mol. The Labute approximate surface area is 91.7 Å². The van der Waals surface area contributed by atoms with E-state index in [1.807, 2.05) is 0 Å². The van der Waals surface area contributed by atoms with Gasteiger partial charge in [-0.15, -0.1) is 0 Å². The molecule has 0 radical (unpaired) electrons. The van der Waals surface area contributed by atoms with Crippen LogP contribution in [0, 0.1) is 5.82 Å². The number of hydrogen-bond acceptors (Lipinski definition) is 3. The van der Waals surface area contributed by atoms with Gasteiger partial charge >= 0.3 is 0 Å². The van der Waals surface area contributed by atoms with Crippen LogP contribution in [-0.4, -0.2) is 22.1 Å². The van der Waals surface area contributed by atoms with E-state index in [4.69, 9.17) is 11.6 Å². The summed E-state index contributed by atoms with van der Waals surface area (Å²) in [4.78, 5) is 0. The Morgan fingerprint density at radius 3 is 2.50 bits per heavy atom. The number of benzene rings is 1. The predicted octanol–water partition coefficient (Wildman–Crippen LogP) is 1.80. The van der Waals surface area contributed by atoms with Gasteiger partial charge in [-0.2, -0.15) is 12.6 Å². The highest BCUT2D eigenvalue weighted by molar-refractivity contribution is 7.80. The Morgan fingerprint density at radius 2 is 2.00 bits per heavy atom. The minimum Gasteiger partial charge on any atom is -0.389 e. The van der Waals surface area contributed by atoms with Crippen molar-refractivity contribution in [3.8, 4) is 0 Å². The fraction of sp³-hybridized carbons (Fsp3) is 0.333. The fourth-order valence-electron chi connectivity index (χ4n) is 1.07. The summed E-state index contributed by atoms with van der Waals surface area (Å²) in [6.07, 6.45) is -2.20. The lowest BCUT2D eigenvalue weighted by molar-refractivity contribution is 0.0336. The average molecular weight is 237 g/mol. The third kappa shape index (κ3) is 2.85. The largest absolute Gasteiger partial charge is 0.389 e. The zero-order valence-corrected chi connectivity index (χ0v) is 8.84. The molecular formula is C9H10ClFO2S. The highest BCUT2D eigenvalue weighted by Crippen LogP contribution is 2.22.